The highest BCUT2D eigenvalue weighted by atomic mass is 31.2. The molecule has 3 aromatic carbocycles. The highest BCUT2D eigenvalue weighted by Gasteiger charge is 2.30. The van der Waals surface area contributed by atoms with Crippen LogP contribution in [0.5, 0.6) is 23.0 Å². The summed E-state index contributed by atoms with van der Waals surface area (Å²) < 4.78 is 71.3. The van der Waals surface area contributed by atoms with Crippen LogP contribution in [-0.2, 0) is 33.6 Å². The minimum absolute atomic E-state index is 0.0342. The van der Waals surface area contributed by atoms with Crippen molar-refractivity contribution < 1.29 is 45.7 Å². The first-order valence-electron chi connectivity index (χ1n) is 15.5. The maximum Gasteiger partial charge on any atom is 0.532 e. The second-order valence-corrected chi connectivity index (χ2v) is 14.2. The Kier molecular flexibility index (Phi) is 13.8. The molecule has 0 heterocycles. The number of benzene rings is 3. The predicted molar refractivity (Wildman–Crippen MR) is 177 cm³/mol. The van der Waals surface area contributed by atoms with Crippen molar-refractivity contribution in [1.29, 1.82) is 0 Å². The van der Waals surface area contributed by atoms with Crippen LogP contribution in [0.3, 0.4) is 0 Å². The van der Waals surface area contributed by atoms with Gasteiger partial charge in [-0.2, -0.15) is 0 Å². The lowest BCUT2D eigenvalue weighted by Crippen LogP contribution is -2.13. The summed E-state index contributed by atoms with van der Waals surface area (Å²) in [7, 11) is -5.44. The molecule has 3 unspecified atom stereocenters. The summed E-state index contributed by atoms with van der Waals surface area (Å²) >= 11 is 0. The zero-order chi connectivity index (χ0) is 32.8. The summed E-state index contributed by atoms with van der Waals surface area (Å²) in [4.78, 5) is 0. The number of rotatable bonds is 19. The summed E-state index contributed by atoms with van der Waals surface area (Å²) in [5.41, 5.74) is 3.01. The van der Waals surface area contributed by atoms with Gasteiger partial charge in [0, 0.05) is 25.7 Å². The van der Waals surface area contributed by atoms with E-state index in [9.17, 15) is 9.13 Å². The van der Waals surface area contributed by atoms with Crippen LogP contribution in [0.1, 0.15) is 69.4 Å². The number of allylic oxidation sites excluding steroid dienone is 2. The second kappa shape index (κ2) is 17.7. The Balaban J connectivity index is 1.59. The Morgan fingerprint density at radius 2 is 1.28 bits per heavy atom. The van der Waals surface area contributed by atoms with Crippen LogP contribution in [0.2, 0.25) is 0 Å². The molecule has 4 rings (SSSR count). The largest absolute Gasteiger partial charge is 0.532 e. The number of hydrogen-bond donors (Lipinski definition) is 0. The molecule has 0 N–H and O–H groups in total. The Morgan fingerprint density at radius 3 is 1.74 bits per heavy atom. The fourth-order valence-corrected chi connectivity index (χ4v) is 6.67. The molecule has 1 aliphatic carbocycles. The van der Waals surface area contributed by atoms with Gasteiger partial charge in [0.05, 0.1) is 0 Å². The molecular formula is C34H44O10P2. The predicted octanol–water partition coefficient (Wildman–Crippen LogP) is 10.0. The van der Waals surface area contributed by atoms with Gasteiger partial charge in [0.2, 0.25) is 13.6 Å². The third-order valence-electron chi connectivity index (χ3n) is 7.39. The molecule has 10 nitrogen and oxygen atoms in total. The number of para-hydroxylation sites is 2. The minimum Gasteiger partial charge on any atom is -0.466 e. The van der Waals surface area contributed by atoms with Gasteiger partial charge < -0.3 is 18.5 Å². The van der Waals surface area contributed by atoms with Crippen molar-refractivity contribution in [3.05, 3.63) is 95.6 Å². The number of ether oxygens (including phenoxy) is 2. The van der Waals surface area contributed by atoms with E-state index in [1.54, 1.807) is 48.5 Å². The van der Waals surface area contributed by atoms with Crippen LogP contribution in [0.15, 0.2) is 84.4 Å². The molecule has 0 saturated heterocycles. The molecule has 0 aliphatic heterocycles. The van der Waals surface area contributed by atoms with Crippen molar-refractivity contribution in [1.82, 2.24) is 0 Å². The number of aryl methyl sites for hydroxylation is 1. The fraction of sp³-hybridized carbons (Fsp3) is 0.412. The van der Waals surface area contributed by atoms with Gasteiger partial charge in [-0.25, -0.2) is 18.2 Å². The molecule has 0 amide bonds. The lowest BCUT2D eigenvalue weighted by atomic mass is 9.84. The second-order valence-electron chi connectivity index (χ2n) is 10.8. The third-order valence-corrected chi connectivity index (χ3v) is 10.0. The molecule has 1 aliphatic rings. The molecular weight excluding hydrogens is 630 g/mol. The molecule has 12 heteroatoms. The average Bonchev–Trinajstić information content (AvgIpc) is 3.06. The van der Waals surface area contributed by atoms with Gasteiger partial charge in [-0.3, -0.25) is 9.05 Å². The summed E-state index contributed by atoms with van der Waals surface area (Å²) in [6.45, 7) is 3.44. The van der Waals surface area contributed by atoms with Gasteiger partial charge in [-0.1, -0.05) is 67.8 Å². The number of phosphoric ester groups is 2. The van der Waals surface area contributed by atoms with Crippen molar-refractivity contribution >= 4 is 15.6 Å². The van der Waals surface area contributed by atoms with E-state index < -0.39 is 29.2 Å². The minimum atomic E-state index is -3.98. The fourth-order valence-electron chi connectivity index (χ4n) is 5.08. The van der Waals surface area contributed by atoms with Gasteiger partial charge in [-0.05, 0) is 81.0 Å². The lowest BCUT2D eigenvalue weighted by molar-refractivity contribution is 0.0723. The standard InChI is InChI=1S/C34H44O10P2/c1-5-6-9-16-28-23-32(39-25-41-45(35,37-3)43-30-18-10-7-11-19-30)34(29-17-14-15-27(2)22-29)33(24-28)40-26-42-46(36,38-4)44-31-20-12-8-13-21-31/h7-8,10-13,18-24,29H,5-6,9,14-17,25-26H2,1-4H3. The van der Waals surface area contributed by atoms with Crippen LogP contribution < -0.4 is 18.5 Å². The van der Waals surface area contributed by atoms with E-state index >= 15 is 0 Å². The zero-order valence-corrected chi connectivity index (χ0v) is 28.7. The van der Waals surface area contributed by atoms with Crippen molar-refractivity contribution in [3.8, 4) is 23.0 Å². The molecule has 3 aromatic rings. The molecule has 0 aromatic heterocycles. The highest BCUT2D eigenvalue weighted by Crippen LogP contribution is 2.50. The van der Waals surface area contributed by atoms with E-state index in [1.807, 2.05) is 24.3 Å². The Labute approximate surface area is 272 Å². The van der Waals surface area contributed by atoms with Gasteiger partial charge >= 0.3 is 15.6 Å². The van der Waals surface area contributed by atoms with Crippen LogP contribution in [-0.4, -0.2) is 27.8 Å². The maximum absolute atomic E-state index is 13.2. The molecule has 0 bridgehead atoms. The van der Waals surface area contributed by atoms with Gasteiger partial charge in [-0.15, -0.1) is 0 Å². The van der Waals surface area contributed by atoms with Crippen LogP contribution in [0, 0.1) is 0 Å². The third kappa shape index (κ3) is 10.7. The van der Waals surface area contributed by atoms with E-state index in [1.165, 1.54) is 19.8 Å². The molecule has 3 atom stereocenters. The summed E-state index contributed by atoms with van der Waals surface area (Å²) in [6.07, 6.45) is 8.95. The molecule has 250 valence electrons. The highest BCUT2D eigenvalue weighted by molar-refractivity contribution is 7.49. The number of phosphoric acid groups is 2. The summed E-state index contributed by atoms with van der Waals surface area (Å²) in [6, 6.07) is 21.2. The van der Waals surface area contributed by atoms with Crippen LogP contribution in [0.25, 0.3) is 0 Å². The molecule has 0 spiro atoms. The van der Waals surface area contributed by atoms with E-state index in [0.717, 1.165) is 56.1 Å². The summed E-state index contributed by atoms with van der Waals surface area (Å²) in [5.74, 6) is 1.67. The Hall–Kier alpha value is -3.10. The first-order valence-corrected chi connectivity index (χ1v) is 18.4. The van der Waals surface area contributed by atoms with Crippen molar-refractivity contribution in [2.24, 2.45) is 0 Å². The van der Waals surface area contributed by atoms with E-state index in [-0.39, 0.29) is 5.92 Å². The Bertz CT molecular complexity index is 1410. The average molecular weight is 675 g/mol. The lowest BCUT2D eigenvalue weighted by Gasteiger charge is -2.26. The monoisotopic (exact) mass is 674 g/mol. The van der Waals surface area contributed by atoms with Gasteiger partial charge in [0.15, 0.2) is 0 Å². The first-order chi connectivity index (χ1) is 22.3. The van der Waals surface area contributed by atoms with Crippen LogP contribution >= 0.6 is 15.6 Å². The van der Waals surface area contributed by atoms with Crippen molar-refractivity contribution in [2.45, 2.75) is 64.7 Å². The quantitative estimate of drug-likeness (QED) is 0.0528. The normalized spacial score (nSPS) is 17.3. The smallest absolute Gasteiger partial charge is 0.466 e. The summed E-state index contributed by atoms with van der Waals surface area (Å²) in [5, 5.41) is 0. The van der Waals surface area contributed by atoms with Gasteiger partial charge in [0.1, 0.15) is 23.0 Å². The number of unbranched alkanes of at least 4 members (excludes halogenated alkanes) is 2. The van der Waals surface area contributed by atoms with Crippen molar-refractivity contribution in [3.63, 3.8) is 0 Å². The topological polar surface area (TPSA) is 108 Å². The SMILES string of the molecule is CCCCCc1cc(OCOP(=O)(OC)Oc2ccccc2)c(C2C=C(C)CCC2)c(OCOP(=O)(OC)Oc2ccccc2)c1. The maximum atomic E-state index is 13.2. The van der Waals surface area contributed by atoms with E-state index in [4.69, 9.17) is 36.6 Å². The Morgan fingerprint density at radius 1 is 0.761 bits per heavy atom. The van der Waals surface area contributed by atoms with E-state index in [2.05, 4.69) is 19.9 Å². The van der Waals surface area contributed by atoms with E-state index in [0.29, 0.717) is 23.0 Å². The first kappa shape index (κ1) is 35.7. The molecule has 0 radical (unpaired) electrons. The zero-order valence-electron chi connectivity index (χ0n) is 26.9. The van der Waals surface area contributed by atoms with Crippen molar-refractivity contribution in [2.75, 3.05) is 27.8 Å². The number of hydrogen-bond acceptors (Lipinski definition) is 10. The molecule has 0 fully saturated rings. The van der Waals surface area contributed by atoms with Gasteiger partial charge in [0.25, 0.3) is 0 Å². The molecule has 46 heavy (non-hydrogen) atoms. The van der Waals surface area contributed by atoms with Crippen LogP contribution in [0.4, 0.5) is 0 Å². The molecule has 0 saturated carbocycles.